The Morgan fingerprint density at radius 2 is 1.83 bits per heavy atom. The molecule has 0 spiro atoms. The molecule has 1 saturated heterocycles. The van der Waals surface area contributed by atoms with Crippen molar-refractivity contribution in [2.24, 2.45) is 5.41 Å². The van der Waals surface area contributed by atoms with Crippen molar-refractivity contribution in [2.75, 3.05) is 6.54 Å². The number of hydrogen-bond donors (Lipinski definition) is 1. The minimum Gasteiger partial charge on any atom is -0.355 e. The highest BCUT2D eigenvalue weighted by atomic mass is 16.2. The smallest absolute Gasteiger partial charge is 0.245 e. The van der Waals surface area contributed by atoms with E-state index in [1.807, 2.05) is 32.9 Å². The molecule has 5 rings (SSSR count). The summed E-state index contributed by atoms with van der Waals surface area (Å²) in [4.78, 5) is 49.0. The Balaban J connectivity index is 1.52. The van der Waals surface area contributed by atoms with E-state index in [4.69, 9.17) is 0 Å². The zero-order valence-electron chi connectivity index (χ0n) is 20.8. The molecule has 0 radical (unpaired) electrons. The molecule has 3 heterocycles. The van der Waals surface area contributed by atoms with E-state index in [9.17, 15) is 14.4 Å². The third kappa shape index (κ3) is 3.88. The summed E-state index contributed by atoms with van der Waals surface area (Å²) < 4.78 is 1.62. The SMILES string of the molecule is CCNC(=O)[C@@H]1C[C@@]2(C)CC2N1C(=O)Cn1nc(C(C)=O)c2cc(-c3cnc(C)nc3)cc(C)c21. The minimum atomic E-state index is -0.463. The van der Waals surface area contributed by atoms with Gasteiger partial charge in [-0.25, -0.2) is 9.97 Å². The van der Waals surface area contributed by atoms with Gasteiger partial charge in [-0.15, -0.1) is 0 Å². The first kappa shape index (κ1) is 23.1. The van der Waals surface area contributed by atoms with Gasteiger partial charge in [-0.3, -0.25) is 19.1 Å². The van der Waals surface area contributed by atoms with Crippen molar-refractivity contribution in [2.45, 2.75) is 66.1 Å². The Labute approximate surface area is 203 Å². The molecule has 1 saturated carbocycles. The van der Waals surface area contributed by atoms with Gasteiger partial charge >= 0.3 is 0 Å². The van der Waals surface area contributed by atoms with Crippen LogP contribution in [0.1, 0.15) is 55.5 Å². The highest BCUT2D eigenvalue weighted by Gasteiger charge is 2.64. The quantitative estimate of drug-likeness (QED) is 0.550. The van der Waals surface area contributed by atoms with Gasteiger partial charge in [-0.05, 0) is 62.3 Å². The van der Waals surface area contributed by atoms with E-state index >= 15 is 0 Å². The third-order valence-corrected chi connectivity index (χ3v) is 7.34. The lowest BCUT2D eigenvalue weighted by atomic mass is 10.0. The fourth-order valence-electron chi connectivity index (χ4n) is 5.47. The number of hydrogen-bond acceptors (Lipinski definition) is 6. The maximum atomic E-state index is 13.6. The molecule has 1 aliphatic carbocycles. The van der Waals surface area contributed by atoms with Crippen LogP contribution in [0.25, 0.3) is 22.0 Å². The van der Waals surface area contributed by atoms with Crippen molar-refractivity contribution in [1.29, 1.82) is 0 Å². The molecule has 0 bridgehead atoms. The lowest BCUT2D eigenvalue weighted by Crippen LogP contribution is -2.48. The van der Waals surface area contributed by atoms with Gasteiger partial charge in [0, 0.05) is 42.9 Å². The number of Topliss-reactive ketones (excluding diaryl/α,β-unsaturated/α-hetero) is 1. The molecule has 2 fully saturated rings. The molecular formula is C26H30N6O3. The largest absolute Gasteiger partial charge is 0.355 e. The second kappa shape index (κ2) is 8.25. The number of nitrogens with one attached hydrogen (secondary N) is 1. The zero-order chi connectivity index (χ0) is 25.1. The fraction of sp³-hybridized carbons (Fsp3) is 0.462. The summed E-state index contributed by atoms with van der Waals surface area (Å²) >= 11 is 0. The number of piperidine rings is 1. The van der Waals surface area contributed by atoms with Crippen LogP contribution in [-0.2, 0) is 16.1 Å². The normalized spacial score (nSPS) is 22.8. The molecule has 2 amide bonds. The number of nitrogens with zero attached hydrogens (tertiary/aromatic N) is 5. The number of ketones is 1. The van der Waals surface area contributed by atoms with Gasteiger partial charge in [0.25, 0.3) is 0 Å². The Bertz CT molecular complexity index is 1360. The van der Waals surface area contributed by atoms with E-state index in [-0.39, 0.29) is 35.6 Å². The van der Waals surface area contributed by atoms with Crippen molar-refractivity contribution >= 4 is 28.5 Å². The van der Waals surface area contributed by atoms with Gasteiger partial charge in [0.15, 0.2) is 5.78 Å². The lowest BCUT2D eigenvalue weighted by molar-refractivity contribution is -0.140. The maximum Gasteiger partial charge on any atom is 0.245 e. The van der Waals surface area contributed by atoms with Gasteiger partial charge in [-0.2, -0.15) is 5.10 Å². The third-order valence-electron chi connectivity index (χ3n) is 7.34. The van der Waals surface area contributed by atoms with Crippen LogP contribution in [0.3, 0.4) is 0 Å². The van der Waals surface area contributed by atoms with E-state index < -0.39 is 6.04 Å². The molecule has 1 unspecified atom stereocenters. The molecule has 182 valence electrons. The minimum absolute atomic E-state index is 0.00304. The summed E-state index contributed by atoms with van der Waals surface area (Å²) in [5.41, 5.74) is 3.69. The van der Waals surface area contributed by atoms with Crippen molar-refractivity contribution in [3.63, 3.8) is 0 Å². The number of likely N-dealkylation sites (tertiary alicyclic amines) is 1. The van der Waals surface area contributed by atoms with Crippen LogP contribution in [0.2, 0.25) is 0 Å². The first-order chi connectivity index (χ1) is 16.6. The van der Waals surface area contributed by atoms with Crippen molar-refractivity contribution in [1.82, 2.24) is 30.0 Å². The molecule has 1 aromatic carbocycles. The zero-order valence-corrected chi connectivity index (χ0v) is 20.8. The first-order valence-electron chi connectivity index (χ1n) is 12.0. The van der Waals surface area contributed by atoms with Crippen LogP contribution in [-0.4, -0.2) is 60.9 Å². The van der Waals surface area contributed by atoms with Crippen LogP contribution in [0.5, 0.6) is 0 Å². The summed E-state index contributed by atoms with van der Waals surface area (Å²) in [6.45, 7) is 9.76. The monoisotopic (exact) mass is 474 g/mol. The van der Waals surface area contributed by atoms with Crippen LogP contribution in [0, 0.1) is 19.3 Å². The Kier molecular flexibility index (Phi) is 5.45. The number of benzene rings is 1. The summed E-state index contributed by atoms with van der Waals surface area (Å²) in [5.74, 6) is 0.253. The number of rotatable bonds is 6. The number of carbonyl (C=O) groups excluding carboxylic acids is 3. The molecule has 2 aromatic heterocycles. The molecular weight excluding hydrogens is 444 g/mol. The number of aryl methyl sites for hydroxylation is 2. The van der Waals surface area contributed by atoms with Crippen molar-refractivity contribution in [3.05, 3.63) is 41.6 Å². The number of amides is 2. The number of aromatic nitrogens is 4. The standard InChI is InChI=1S/C26H30N6O3/c1-6-27-25(35)20-9-26(5)10-21(26)32(20)22(34)13-31-24-14(2)7-17(18-11-28-16(4)29-12-18)8-19(24)23(30-31)15(3)33/h7-8,11-12,20-21H,6,9-10,13H2,1-5H3,(H,27,35)/t20-,21?,26-/m0/s1. The average Bonchev–Trinajstić information content (AvgIpc) is 3.16. The number of fused-ring (bicyclic) bond motifs is 2. The van der Waals surface area contributed by atoms with E-state index in [2.05, 4.69) is 27.3 Å². The van der Waals surface area contributed by atoms with Crippen LogP contribution >= 0.6 is 0 Å². The van der Waals surface area contributed by atoms with Crippen LogP contribution in [0.4, 0.5) is 0 Å². The van der Waals surface area contributed by atoms with Crippen LogP contribution in [0.15, 0.2) is 24.5 Å². The molecule has 1 N–H and O–H groups in total. The topological polar surface area (TPSA) is 110 Å². The van der Waals surface area contributed by atoms with Gasteiger partial charge < -0.3 is 10.2 Å². The van der Waals surface area contributed by atoms with Gasteiger partial charge in [0.05, 0.1) is 5.52 Å². The Morgan fingerprint density at radius 3 is 2.49 bits per heavy atom. The second-order valence-electron chi connectivity index (χ2n) is 10.1. The highest BCUT2D eigenvalue weighted by Crippen LogP contribution is 2.59. The molecule has 3 atom stereocenters. The lowest BCUT2D eigenvalue weighted by Gasteiger charge is -2.26. The summed E-state index contributed by atoms with van der Waals surface area (Å²) in [5, 5.41) is 8.12. The highest BCUT2D eigenvalue weighted by molar-refractivity contribution is 6.07. The average molecular weight is 475 g/mol. The molecule has 35 heavy (non-hydrogen) atoms. The van der Waals surface area contributed by atoms with Gasteiger partial charge in [-0.1, -0.05) is 6.92 Å². The van der Waals surface area contributed by atoms with E-state index in [1.54, 1.807) is 22.0 Å². The first-order valence-corrected chi connectivity index (χ1v) is 12.0. The summed E-state index contributed by atoms with van der Waals surface area (Å²) in [7, 11) is 0. The summed E-state index contributed by atoms with van der Waals surface area (Å²) in [6, 6.07) is 3.51. The molecule has 9 heteroatoms. The maximum absolute atomic E-state index is 13.6. The second-order valence-corrected chi connectivity index (χ2v) is 10.1. The van der Waals surface area contributed by atoms with Gasteiger partial charge in [0.1, 0.15) is 24.1 Å². The predicted molar refractivity (Wildman–Crippen MR) is 131 cm³/mol. The Hall–Kier alpha value is -3.62. The van der Waals surface area contributed by atoms with Crippen molar-refractivity contribution < 1.29 is 14.4 Å². The summed E-state index contributed by atoms with van der Waals surface area (Å²) in [6.07, 6.45) is 5.10. The number of carbonyl (C=O) groups is 3. The van der Waals surface area contributed by atoms with Crippen molar-refractivity contribution in [3.8, 4) is 11.1 Å². The molecule has 9 nitrogen and oxygen atoms in total. The van der Waals surface area contributed by atoms with E-state index in [1.165, 1.54) is 6.92 Å². The molecule has 1 aliphatic heterocycles. The predicted octanol–water partition coefficient (Wildman–Crippen LogP) is 2.83. The number of likely N-dealkylation sites (N-methyl/N-ethyl adjacent to an activating group) is 1. The van der Waals surface area contributed by atoms with E-state index in [0.29, 0.717) is 29.9 Å². The fourth-order valence-corrected chi connectivity index (χ4v) is 5.47. The molecule has 2 aliphatic rings. The van der Waals surface area contributed by atoms with E-state index in [0.717, 1.165) is 28.6 Å². The Morgan fingerprint density at radius 1 is 1.11 bits per heavy atom. The van der Waals surface area contributed by atoms with Crippen LogP contribution < -0.4 is 5.32 Å². The molecule has 3 aromatic rings. The van der Waals surface area contributed by atoms with Gasteiger partial charge in [0.2, 0.25) is 11.8 Å².